The fraction of sp³-hybridized carbons (Fsp3) is 0.516. The first-order valence-corrected chi connectivity index (χ1v) is 18.5. The predicted octanol–water partition coefficient (Wildman–Crippen LogP) is 0.141. The number of aromatic nitrogens is 7. The van der Waals surface area contributed by atoms with Crippen LogP contribution in [0.4, 0.5) is 41.1 Å². The summed E-state index contributed by atoms with van der Waals surface area (Å²) in [4.78, 5) is 71.0. The highest BCUT2D eigenvalue weighted by Gasteiger charge is 2.27. The van der Waals surface area contributed by atoms with Crippen LogP contribution in [0.1, 0.15) is 73.3 Å². The molecule has 14 N–H and O–H groups in total. The van der Waals surface area contributed by atoms with Crippen molar-refractivity contribution in [3.8, 4) is 0 Å². The molecule has 0 unspecified atom stereocenters. The Morgan fingerprint density at radius 3 is 1.40 bits per heavy atom. The number of piperidine rings is 2. The lowest BCUT2D eigenvalue weighted by Gasteiger charge is -2.34. The molecule has 0 spiro atoms. The van der Waals surface area contributed by atoms with Crippen LogP contribution >= 0.6 is 23.2 Å². The van der Waals surface area contributed by atoms with Crippen molar-refractivity contribution in [2.24, 2.45) is 21.5 Å². The minimum Gasteiger partial charge on any atom is -0.382 e. The Morgan fingerprint density at radius 1 is 0.655 bits per heavy atom. The number of nitrogen functional groups attached to an aromatic ring is 4. The summed E-state index contributed by atoms with van der Waals surface area (Å²) >= 11 is 11.8. The van der Waals surface area contributed by atoms with E-state index in [-0.39, 0.29) is 69.0 Å². The Hall–Kier alpha value is -5.77. The molecule has 2 saturated heterocycles. The van der Waals surface area contributed by atoms with Crippen molar-refractivity contribution >= 4 is 88.1 Å². The molecule has 5 heterocycles. The third-order valence-electron chi connectivity index (χ3n) is 8.73. The van der Waals surface area contributed by atoms with Crippen LogP contribution in [0, 0.1) is 0 Å². The highest BCUT2D eigenvalue weighted by atomic mass is 35.5. The van der Waals surface area contributed by atoms with Gasteiger partial charge in [0.2, 0.25) is 17.8 Å². The Labute approximate surface area is 327 Å². The van der Waals surface area contributed by atoms with Crippen LogP contribution in [0.15, 0.2) is 9.98 Å². The molecule has 0 aromatic carbocycles. The number of amides is 2. The highest BCUT2D eigenvalue weighted by Crippen LogP contribution is 2.26. The SMILES string of the molecule is CCCN(CCC)c1nc(N2CCC(N=C(N)NC(=O)c3nc(Cl)c(N)nc3N)CC2)nc(N2CCC(N=C(N)NC(=O)c3nc(Cl)c(N)nc3N)CC2)n1. The quantitative estimate of drug-likeness (QED) is 0.0944. The van der Waals surface area contributed by atoms with E-state index in [1.807, 2.05) is 0 Å². The van der Waals surface area contributed by atoms with Crippen LogP contribution in [0.5, 0.6) is 0 Å². The molecule has 55 heavy (non-hydrogen) atoms. The number of guanidine groups is 2. The topological polar surface area (TPSA) is 339 Å². The third kappa shape index (κ3) is 10.3. The summed E-state index contributed by atoms with van der Waals surface area (Å²) in [5, 5.41) is 4.69. The van der Waals surface area contributed by atoms with Gasteiger partial charge in [-0.05, 0) is 38.5 Å². The van der Waals surface area contributed by atoms with Gasteiger partial charge in [-0.1, -0.05) is 37.0 Å². The van der Waals surface area contributed by atoms with Gasteiger partial charge < -0.3 is 49.1 Å². The predicted molar refractivity (Wildman–Crippen MR) is 213 cm³/mol. The lowest BCUT2D eigenvalue weighted by atomic mass is 10.1. The summed E-state index contributed by atoms with van der Waals surface area (Å²) in [6.45, 7) is 8.18. The molecule has 2 fully saturated rings. The number of hydrogen-bond acceptors (Lipinski definition) is 18. The van der Waals surface area contributed by atoms with Crippen molar-refractivity contribution in [2.45, 2.75) is 64.5 Å². The minimum absolute atomic E-state index is 0.0836. The van der Waals surface area contributed by atoms with E-state index in [9.17, 15) is 9.59 Å². The average Bonchev–Trinajstić information content (AvgIpc) is 3.14. The molecule has 2 aliphatic heterocycles. The largest absolute Gasteiger partial charge is 0.382 e. The maximum atomic E-state index is 12.7. The zero-order valence-corrected chi connectivity index (χ0v) is 32.1. The first-order chi connectivity index (χ1) is 26.3. The van der Waals surface area contributed by atoms with Gasteiger partial charge in [0.25, 0.3) is 11.8 Å². The summed E-state index contributed by atoms with van der Waals surface area (Å²) in [5.74, 6) is -0.371. The van der Waals surface area contributed by atoms with Crippen LogP contribution < -0.4 is 59.7 Å². The summed E-state index contributed by atoms with van der Waals surface area (Å²) < 4.78 is 0. The number of hydrogen-bond donors (Lipinski definition) is 8. The maximum Gasteiger partial charge on any atom is 0.280 e. The van der Waals surface area contributed by atoms with Gasteiger partial charge in [-0.15, -0.1) is 0 Å². The molecular formula is C31H46Cl2N20O2. The first-order valence-electron chi connectivity index (χ1n) is 17.7. The van der Waals surface area contributed by atoms with Crippen molar-refractivity contribution in [3.05, 3.63) is 21.7 Å². The van der Waals surface area contributed by atoms with Crippen molar-refractivity contribution in [2.75, 3.05) is 76.9 Å². The second-order valence-corrected chi connectivity index (χ2v) is 13.6. The van der Waals surface area contributed by atoms with Gasteiger partial charge in [-0.3, -0.25) is 20.2 Å². The Balaban J connectivity index is 1.24. The molecule has 3 aromatic rings. The van der Waals surface area contributed by atoms with Crippen LogP contribution in [0.3, 0.4) is 0 Å². The normalized spacial score (nSPS) is 15.9. The average molecular weight is 802 g/mol. The molecule has 0 aliphatic carbocycles. The molecule has 0 saturated carbocycles. The first kappa shape index (κ1) is 40.4. The molecule has 0 atom stereocenters. The lowest BCUT2D eigenvalue weighted by molar-refractivity contribution is 0.0963. The molecule has 2 amide bonds. The van der Waals surface area contributed by atoms with E-state index in [4.69, 9.17) is 72.6 Å². The molecule has 2 aliphatic rings. The molecule has 22 nitrogen and oxygen atoms in total. The summed E-state index contributed by atoms with van der Waals surface area (Å²) in [5.41, 5.74) is 34.5. The minimum atomic E-state index is -0.702. The van der Waals surface area contributed by atoms with E-state index < -0.39 is 11.8 Å². The third-order valence-corrected chi connectivity index (χ3v) is 9.29. The van der Waals surface area contributed by atoms with Crippen LogP contribution in [0.2, 0.25) is 10.3 Å². The van der Waals surface area contributed by atoms with E-state index in [0.29, 0.717) is 69.7 Å². The number of aliphatic imine (C=N–C) groups is 2. The van der Waals surface area contributed by atoms with Gasteiger partial charge in [0.05, 0.1) is 12.1 Å². The van der Waals surface area contributed by atoms with Gasteiger partial charge in [0, 0.05) is 39.3 Å². The number of carbonyl (C=O) groups excluding carboxylic acids is 2. The summed E-state index contributed by atoms with van der Waals surface area (Å²) in [7, 11) is 0. The van der Waals surface area contributed by atoms with E-state index in [1.54, 1.807) is 0 Å². The number of nitrogens with zero attached hydrogens (tertiary/aromatic N) is 12. The second-order valence-electron chi connectivity index (χ2n) is 12.9. The van der Waals surface area contributed by atoms with Crippen molar-refractivity contribution in [1.29, 1.82) is 0 Å². The van der Waals surface area contributed by atoms with Crippen LogP contribution in [0.25, 0.3) is 0 Å². The van der Waals surface area contributed by atoms with Gasteiger partial charge in [-0.25, -0.2) is 29.9 Å². The van der Waals surface area contributed by atoms with Gasteiger partial charge in [-0.2, -0.15) is 15.0 Å². The molecule has 5 rings (SSSR count). The maximum absolute atomic E-state index is 12.7. The molecule has 3 aromatic heterocycles. The van der Waals surface area contributed by atoms with Gasteiger partial charge in [0.15, 0.2) is 56.9 Å². The van der Waals surface area contributed by atoms with Crippen molar-refractivity contribution < 1.29 is 9.59 Å². The number of rotatable bonds is 11. The molecule has 0 radical (unpaired) electrons. The van der Waals surface area contributed by atoms with E-state index in [0.717, 1.165) is 25.9 Å². The number of nitrogens with one attached hydrogen (secondary N) is 2. The Kier molecular flexibility index (Phi) is 13.3. The van der Waals surface area contributed by atoms with E-state index in [1.165, 1.54) is 0 Å². The van der Waals surface area contributed by atoms with E-state index in [2.05, 4.69) is 69.1 Å². The van der Waals surface area contributed by atoms with Crippen molar-refractivity contribution in [3.63, 3.8) is 0 Å². The molecule has 24 heteroatoms. The van der Waals surface area contributed by atoms with Crippen LogP contribution in [-0.4, -0.2) is 110 Å². The highest BCUT2D eigenvalue weighted by molar-refractivity contribution is 6.32. The lowest BCUT2D eigenvalue weighted by Crippen LogP contribution is -2.42. The number of carbonyl (C=O) groups is 2. The second kappa shape index (κ2) is 18.0. The molecule has 296 valence electrons. The van der Waals surface area contributed by atoms with Crippen LogP contribution in [-0.2, 0) is 0 Å². The monoisotopic (exact) mass is 800 g/mol. The standard InChI is InChI=1S/C31H46Cl2N20O2/c1-3-9-51(10-4-2)29-48-30(52-11-5-15(6-12-52)40-27(38)46-25(54)17-21(34)44-23(36)19(32)42-17)50-31(49-29)53-13-7-16(8-14-53)41-28(39)47-26(55)18-22(35)45-24(37)20(33)43-18/h15-16H,3-14H2,1-2H3,(H4,34,36,44)(H4,35,37,45)(H3,38,40,46,54)(H3,39,41,47,55). The molecule has 0 bridgehead atoms. The van der Waals surface area contributed by atoms with E-state index >= 15 is 0 Å². The number of halogens is 2. The zero-order valence-electron chi connectivity index (χ0n) is 30.5. The van der Waals surface area contributed by atoms with Gasteiger partial charge in [0.1, 0.15) is 0 Å². The fourth-order valence-electron chi connectivity index (χ4n) is 6.04. The number of nitrogens with two attached hydrogens (primary N) is 6. The summed E-state index contributed by atoms with van der Waals surface area (Å²) in [6.07, 6.45) is 4.36. The number of anilines is 7. The van der Waals surface area contributed by atoms with Gasteiger partial charge >= 0.3 is 0 Å². The van der Waals surface area contributed by atoms with Crippen molar-refractivity contribution in [1.82, 2.24) is 45.5 Å². The zero-order chi connectivity index (χ0) is 39.8. The smallest absolute Gasteiger partial charge is 0.280 e. The fourth-order valence-corrected chi connectivity index (χ4v) is 6.29. The molecular weight excluding hydrogens is 755 g/mol. The summed E-state index contributed by atoms with van der Waals surface area (Å²) in [6, 6.07) is -0.336. The Bertz CT molecular complexity index is 1800. The Morgan fingerprint density at radius 2 is 1.04 bits per heavy atom.